The summed E-state index contributed by atoms with van der Waals surface area (Å²) in [5.74, 6) is -3.49. The number of rotatable bonds is 5. The number of pyridine rings is 1. The van der Waals surface area contributed by atoms with Gasteiger partial charge in [0.25, 0.3) is 11.5 Å². The quantitative estimate of drug-likeness (QED) is 0.707. The number of hydrogen-bond acceptors (Lipinski definition) is 4. The molecule has 0 aromatic carbocycles. The van der Waals surface area contributed by atoms with Crippen molar-refractivity contribution in [1.29, 1.82) is 0 Å². The molecule has 2 N–H and O–H groups in total. The molecule has 1 aromatic rings. The highest BCUT2D eigenvalue weighted by atomic mass is 16.4. The van der Waals surface area contributed by atoms with Crippen molar-refractivity contribution in [3.8, 4) is 0 Å². The highest BCUT2D eigenvalue weighted by Gasteiger charge is 2.21. The Labute approximate surface area is 107 Å². The van der Waals surface area contributed by atoms with E-state index in [1.165, 1.54) is 23.9 Å². The summed E-state index contributed by atoms with van der Waals surface area (Å²) in [5, 5.41) is 17.3. The zero-order valence-electron chi connectivity index (χ0n) is 10.1. The van der Waals surface area contributed by atoms with Crippen LogP contribution < -0.4 is 5.56 Å². The molecule has 0 spiro atoms. The smallest absolute Gasteiger partial charge is 0.323 e. The minimum Gasteiger partial charge on any atom is -0.480 e. The van der Waals surface area contributed by atoms with Crippen LogP contribution in [-0.4, -0.2) is 50.6 Å². The molecule has 0 saturated heterocycles. The maximum absolute atomic E-state index is 11.9. The number of amides is 1. The Kier molecular flexibility index (Phi) is 4.41. The first kappa shape index (κ1) is 14.4. The predicted octanol–water partition coefficient (Wildman–Crippen LogP) is -1.00. The van der Waals surface area contributed by atoms with Crippen molar-refractivity contribution in [3.63, 3.8) is 0 Å². The van der Waals surface area contributed by atoms with E-state index in [0.29, 0.717) is 4.90 Å². The van der Waals surface area contributed by atoms with Crippen molar-refractivity contribution in [2.75, 3.05) is 13.1 Å². The third kappa shape index (κ3) is 3.95. The van der Waals surface area contributed by atoms with Crippen LogP contribution in [0.1, 0.15) is 10.4 Å². The molecule has 1 heterocycles. The Hall–Kier alpha value is -2.64. The van der Waals surface area contributed by atoms with Crippen LogP contribution in [0.15, 0.2) is 23.1 Å². The Morgan fingerprint density at radius 1 is 1.21 bits per heavy atom. The van der Waals surface area contributed by atoms with Gasteiger partial charge in [0.15, 0.2) is 0 Å². The summed E-state index contributed by atoms with van der Waals surface area (Å²) in [6.45, 7) is -1.50. The molecule has 0 saturated carbocycles. The zero-order valence-corrected chi connectivity index (χ0v) is 10.1. The highest BCUT2D eigenvalue weighted by Crippen LogP contribution is 2.02. The number of carbonyl (C=O) groups is 3. The predicted molar refractivity (Wildman–Crippen MR) is 62.9 cm³/mol. The number of carbonyl (C=O) groups excluding carboxylic acids is 1. The van der Waals surface area contributed by atoms with Gasteiger partial charge in [0.2, 0.25) is 0 Å². The zero-order chi connectivity index (χ0) is 14.6. The van der Waals surface area contributed by atoms with E-state index in [4.69, 9.17) is 10.2 Å². The van der Waals surface area contributed by atoms with Crippen LogP contribution in [0.2, 0.25) is 0 Å². The van der Waals surface area contributed by atoms with Gasteiger partial charge in [0.05, 0.1) is 0 Å². The number of carboxylic acid groups (broad SMARTS) is 2. The number of aromatic nitrogens is 1. The van der Waals surface area contributed by atoms with Crippen molar-refractivity contribution < 1.29 is 24.6 Å². The van der Waals surface area contributed by atoms with E-state index in [1.54, 1.807) is 0 Å². The van der Waals surface area contributed by atoms with Gasteiger partial charge in [-0.1, -0.05) is 0 Å². The van der Waals surface area contributed by atoms with Crippen molar-refractivity contribution in [2.45, 2.75) is 0 Å². The van der Waals surface area contributed by atoms with Gasteiger partial charge in [0, 0.05) is 24.9 Å². The molecule has 19 heavy (non-hydrogen) atoms. The second kappa shape index (κ2) is 5.80. The van der Waals surface area contributed by atoms with Crippen LogP contribution in [0.25, 0.3) is 0 Å². The third-order valence-electron chi connectivity index (χ3n) is 2.29. The topological polar surface area (TPSA) is 117 Å². The largest absolute Gasteiger partial charge is 0.480 e. The molecule has 0 aliphatic rings. The fourth-order valence-corrected chi connectivity index (χ4v) is 1.39. The maximum atomic E-state index is 11.9. The van der Waals surface area contributed by atoms with Crippen molar-refractivity contribution in [1.82, 2.24) is 9.47 Å². The minimum absolute atomic E-state index is 0.0504. The number of aryl methyl sites for hydroxylation is 1. The molecular formula is C11H12N2O6. The van der Waals surface area contributed by atoms with Gasteiger partial charge >= 0.3 is 11.9 Å². The van der Waals surface area contributed by atoms with Crippen LogP contribution in [0, 0.1) is 0 Å². The van der Waals surface area contributed by atoms with Gasteiger partial charge in [-0.15, -0.1) is 0 Å². The lowest BCUT2D eigenvalue weighted by Gasteiger charge is -2.18. The first-order valence-corrected chi connectivity index (χ1v) is 5.21. The van der Waals surface area contributed by atoms with E-state index in [0.717, 1.165) is 6.07 Å². The molecule has 0 bridgehead atoms. The normalized spacial score (nSPS) is 9.95. The van der Waals surface area contributed by atoms with Crippen molar-refractivity contribution in [2.24, 2.45) is 7.05 Å². The summed E-state index contributed by atoms with van der Waals surface area (Å²) in [6, 6.07) is 2.35. The van der Waals surface area contributed by atoms with Crippen LogP contribution in [0.4, 0.5) is 0 Å². The van der Waals surface area contributed by atoms with Crippen LogP contribution in [0.3, 0.4) is 0 Å². The monoisotopic (exact) mass is 268 g/mol. The van der Waals surface area contributed by atoms with E-state index >= 15 is 0 Å². The maximum Gasteiger partial charge on any atom is 0.323 e. The molecular weight excluding hydrogens is 256 g/mol. The molecule has 0 fully saturated rings. The van der Waals surface area contributed by atoms with Crippen molar-refractivity contribution in [3.05, 3.63) is 34.2 Å². The summed E-state index contributed by atoms with van der Waals surface area (Å²) in [6.07, 6.45) is 1.34. The lowest BCUT2D eigenvalue weighted by Crippen LogP contribution is -2.39. The molecule has 0 radical (unpaired) electrons. The van der Waals surface area contributed by atoms with Gasteiger partial charge in [-0.25, -0.2) is 0 Å². The van der Waals surface area contributed by atoms with Gasteiger partial charge < -0.3 is 19.7 Å². The van der Waals surface area contributed by atoms with E-state index < -0.39 is 36.5 Å². The van der Waals surface area contributed by atoms with E-state index in [9.17, 15) is 19.2 Å². The SMILES string of the molecule is Cn1ccc(C(=O)N(CC(=O)O)CC(=O)O)cc1=O. The fraction of sp³-hybridized carbons (Fsp3) is 0.273. The molecule has 8 nitrogen and oxygen atoms in total. The van der Waals surface area contributed by atoms with E-state index in [-0.39, 0.29) is 5.56 Å². The summed E-state index contributed by atoms with van der Waals surface area (Å²) in [7, 11) is 1.49. The summed E-state index contributed by atoms with van der Waals surface area (Å²) in [4.78, 5) is 45.1. The lowest BCUT2D eigenvalue weighted by molar-refractivity contribution is -0.140. The van der Waals surface area contributed by atoms with Gasteiger partial charge in [-0.05, 0) is 6.07 Å². The van der Waals surface area contributed by atoms with Crippen LogP contribution in [-0.2, 0) is 16.6 Å². The Balaban J connectivity index is 3.03. The lowest BCUT2D eigenvalue weighted by atomic mass is 10.2. The summed E-state index contributed by atoms with van der Waals surface area (Å²) < 4.78 is 1.23. The number of aliphatic carboxylic acids is 2. The third-order valence-corrected chi connectivity index (χ3v) is 2.29. The number of hydrogen-bond donors (Lipinski definition) is 2. The Bertz CT molecular complexity index is 561. The molecule has 0 aliphatic carbocycles. The molecule has 0 unspecified atom stereocenters. The molecule has 8 heteroatoms. The van der Waals surface area contributed by atoms with Gasteiger partial charge in [-0.2, -0.15) is 0 Å². The second-order valence-electron chi connectivity index (χ2n) is 3.81. The average molecular weight is 268 g/mol. The van der Waals surface area contributed by atoms with Gasteiger partial charge in [0.1, 0.15) is 13.1 Å². The Morgan fingerprint density at radius 2 is 1.74 bits per heavy atom. The first-order valence-electron chi connectivity index (χ1n) is 5.21. The van der Waals surface area contributed by atoms with Crippen LogP contribution in [0.5, 0.6) is 0 Å². The highest BCUT2D eigenvalue weighted by molar-refractivity contribution is 5.97. The standard InChI is InChI=1S/C11H12N2O6/c1-12-3-2-7(4-8(12)14)11(19)13(5-9(15)16)6-10(17)18/h2-4H,5-6H2,1H3,(H,15,16)(H,17,18). The number of carboxylic acids is 2. The Morgan fingerprint density at radius 3 is 2.16 bits per heavy atom. The first-order chi connectivity index (χ1) is 8.81. The molecule has 1 rings (SSSR count). The molecule has 1 amide bonds. The van der Waals surface area contributed by atoms with Crippen LogP contribution >= 0.6 is 0 Å². The van der Waals surface area contributed by atoms with Gasteiger partial charge in [-0.3, -0.25) is 19.2 Å². The van der Waals surface area contributed by atoms with E-state index in [1.807, 2.05) is 0 Å². The molecule has 0 aliphatic heterocycles. The second-order valence-corrected chi connectivity index (χ2v) is 3.81. The number of nitrogens with zero attached hydrogens (tertiary/aromatic N) is 2. The summed E-state index contributed by atoms with van der Waals surface area (Å²) in [5.41, 5.74) is -0.498. The molecule has 0 atom stereocenters. The minimum atomic E-state index is -1.33. The van der Waals surface area contributed by atoms with Crippen molar-refractivity contribution >= 4 is 17.8 Å². The fourth-order valence-electron chi connectivity index (χ4n) is 1.39. The summed E-state index contributed by atoms with van der Waals surface area (Å²) >= 11 is 0. The average Bonchev–Trinajstić information content (AvgIpc) is 2.29. The molecule has 102 valence electrons. The van der Waals surface area contributed by atoms with E-state index in [2.05, 4.69) is 0 Å². The molecule has 1 aromatic heterocycles.